The van der Waals surface area contributed by atoms with Gasteiger partial charge in [-0.25, -0.2) is 13.2 Å². The van der Waals surface area contributed by atoms with Gasteiger partial charge in [-0.05, 0) is 38.6 Å². The van der Waals surface area contributed by atoms with Gasteiger partial charge in [-0.1, -0.05) is 0 Å². The first-order valence-electron chi connectivity index (χ1n) is 14.8. The van der Waals surface area contributed by atoms with Gasteiger partial charge < -0.3 is 20.7 Å². The molecule has 0 radical (unpaired) electrons. The van der Waals surface area contributed by atoms with Crippen LogP contribution in [0.3, 0.4) is 0 Å². The molecule has 1 spiro atoms. The lowest BCUT2D eigenvalue weighted by Crippen LogP contribution is -2.51. The van der Waals surface area contributed by atoms with Crippen LogP contribution in [0.5, 0.6) is 6.01 Å². The number of hydrogen-bond donors (Lipinski definition) is 2. The highest BCUT2D eigenvalue weighted by Gasteiger charge is 2.77. The normalized spacial score (nSPS) is 30.8. The van der Waals surface area contributed by atoms with Crippen molar-refractivity contribution in [1.82, 2.24) is 30.2 Å². The van der Waals surface area contributed by atoms with Crippen molar-refractivity contribution in [2.75, 3.05) is 43.4 Å². The summed E-state index contributed by atoms with van der Waals surface area (Å²) in [6, 6.07) is 0.239. The van der Waals surface area contributed by atoms with Gasteiger partial charge in [0.05, 0.1) is 33.8 Å². The predicted molar refractivity (Wildman–Crippen MR) is 148 cm³/mol. The van der Waals surface area contributed by atoms with Crippen LogP contribution in [-0.4, -0.2) is 81.2 Å². The largest absolute Gasteiger partial charge is 0.461 e. The molecule has 4 atom stereocenters. The monoisotopic (exact) mass is 620 g/mol. The van der Waals surface area contributed by atoms with Crippen molar-refractivity contribution in [2.24, 2.45) is 5.41 Å². The predicted octanol–water partition coefficient (Wildman–Crippen LogP) is 4.41. The van der Waals surface area contributed by atoms with E-state index in [0.717, 1.165) is 31.7 Å². The first-order valence-corrected chi connectivity index (χ1v) is 14.8. The minimum absolute atomic E-state index is 0.0412. The molecule has 5 aliphatic rings. The molecule has 1 aliphatic carbocycles. The number of hydrogen-bond acceptors (Lipinski definition) is 9. The van der Waals surface area contributed by atoms with E-state index >= 15 is 4.39 Å². The van der Waals surface area contributed by atoms with Crippen molar-refractivity contribution >= 4 is 22.4 Å². The molecule has 4 saturated heterocycles. The van der Waals surface area contributed by atoms with Crippen molar-refractivity contribution in [3.63, 3.8) is 0 Å². The second kappa shape index (κ2) is 9.28. The highest BCUT2D eigenvalue weighted by molar-refractivity contribution is 5.92. The number of piperazine rings is 1. The zero-order valence-electron chi connectivity index (χ0n) is 23.6. The number of rotatable bonds is 5. The number of pyridine rings is 2. The van der Waals surface area contributed by atoms with Crippen LogP contribution >= 0.6 is 0 Å². The average molecular weight is 621 g/mol. The molecule has 44 heavy (non-hydrogen) atoms. The minimum Gasteiger partial charge on any atom is -0.461 e. The molecule has 15 heteroatoms. The van der Waals surface area contributed by atoms with Crippen LogP contribution in [0.2, 0.25) is 0 Å². The van der Waals surface area contributed by atoms with Gasteiger partial charge in [0, 0.05) is 56.1 Å². The maximum absolute atomic E-state index is 16.3. The van der Waals surface area contributed by atoms with Gasteiger partial charge in [-0.2, -0.15) is 23.1 Å². The first-order chi connectivity index (χ1) is 20.9. The van der Waals surface area contributed by atoms with Crippen molar-refractivity contribution < 1.29 is 31.1 Å². The quantitative estimate of drug-likeness (QED) is 0.402. The van der Waals surface area contributed by atoms with Crippen molar-refractivity contribution in [1.29, 1.82) is 0 Å². The minimum atomic E-state index is -4.89. The number of aromatic nitrogens is 4. The lowest BCUT2D eigenvalue weighted by Gasteiger charge is -2.34. The van der Waals surface area contributed by atoms with Gasteiger partial charge in [-0.15, -0.1) is 0 Å². The van der Waals surface area contributed by atoms with E-state index in [1.807, 2.05) is 4.90 Å². The van der Waals surface area contributed by atoms with Crippen LogP contribution in [0.25, 0.3) is 22.2 Å². The highest BCUT2D eigenvalue weighted by Crippen LogP contribution is 2.69. The van der Waals surface area contributed by atoms with Crippen LogP contribution in [0.15, 0.2) is 18.6 Å². The Morgan fingerprint density at radius 3 is 2.52 bits per heavy atom. The fraction of sp³-hybridized carbons (Fsp3) is 0.586. The number of alkyl halides is 5. The lowest BCUT2D eigenvalue weighted by atomic mass is 9.89. The summed E-state index contributed by atoms with van der Waals surface area (Å²) in [5, 5.41) is 3.75. The lowest BCUT2D eigenvalue weighted by molar-refractivity contribution is -0.136. The van der Waals surface area contributed by atoms with E-state index in [-0.39, 0.29) is 42.0 Å². The Morgan fingerprint density at radius 1 is 1.07 bits per heavy atom. The van der Waals surface area contributed by atoms with Crippen LogP contribution < -0.4 is 20.7 Å². The zero-order chi connectivity index (χ0) is 30.6. The maximum atomic E-state index is 16.3. The number of nitrogen functional groups attached to an aromatic ring is 1. The Labute approximate surface area is 248 Å². The van der Waals surface area contributed by atoms with E-state index in [2.05, 4.69) is 30.2 Å². The number of nitrogens with two attached hydrogens (primary N) is 1. The molecule has 9 nitrogen and oxygen atoms in total. The SMILES string of the molecule is Nc1cncc(-c2ncc3c(N4C[C@H]5CC[C@@H](C4)N5)nc(OC[C@@]45CCCN4C[C@@]4(CC4(F)F)C5)nc3c2F)c1C(F)(F)F. The maximum Gasteiger partial charge on any atom is 0.419 e. The van der Waals surface area contributed by atoms with E-state index < -0.39 is 51.4 Å². The Kier molecular flexibility index (Phi) is 5.92. The molecule has 234 valence electrons. The standard InChI is InChI=1S/C29H30F6N8O/c30-21-22(17-6-37-8-19(36)20(17)29(33,34)35)38-7-18-23(21)40-25(41-24(18)42-9-15-2-3-16(10-42)39-15)44-14-27-4-1-5-43(27)13-26(11-27)12-28(26,31)32/h6-8,15-16,39H,1-5,9-14,36H2/t15-,16+,26-,27-/m0/s1. The van der Waals surface area contributed by atoms with E-state index in [1.54, 1.807) is 0 Å². The third-order valence-electron chi connectivity index (χ3n) is 10.3. The summed E-state index contributed by atoms with van der Waals surface area (Å²) >= 11 is 0. The van der Waals surface area contributed by atoms with Gasteiger partial charge in [0.25, 0.3) is 5.92 Å². The number of anilines is 2. The summed E-state index contributed by atoms with van der Waals surface area (Å²) < 4.78 is 93.1. The summed E-state index contributed by atoms with van der Waals surface area (Å²) in [6.07, 6.45) is 1.73. The Bertz CT molecular complexity index is 1660. The summed E-state index contributed by atoms with van der Waals surface area (Å²) in [6.45, 7) is 2.19. The van der Waals surface area contributed by atoms with Crippen LogP contribution in [0, 0.1) is 11.2 Å². The molecule has 7 heterocycles. The van der Waals surface area contributed by atoms with Gasteiger partial charge in [-0.3, -0.25) is 14.9 Å². The molecule has 4 aliphatic heterocycles. The van der Waals surface area contributed by atoms with Gasteiger partial charge >= 0.3 is 12.2 Å². The van der Waals surface area contributed by atoms with Crippen LogP contribution in [0.1, 0.15) is 44.1 Å². The van der Waals surface area contributed by atoms with Crippen molar-refractivity contribution in [2.45, 2.75) is 68.2 Å². The fourth-order valence-electron chi connectivity index (χ4n) is 8.11. The molecule has 5 fully saturated rings. The molecule has 0 aromatic carbocycles. The molecule has 0 amide bonds. The first kappa shape index (κ1) is 28.0. The molecule has 3 aromatic heterocycles. The highest BCUT2D eigenvalue weighted by atomic mass is 19.4. The number of halogens is 6. The molecule has 1 saturated carbocycles. The Balaban J connectivity index is 1.21. The fourth-order valence-corrected chi connectivity index (χ4v) is 8.11. The summed E-state index contributed by atoms with van der Waals surface area (Å²) in [5.41, 5.74) is 0.612. The summed E-state index contributed by atoms with van der Waals surface area (Å²) in [4.78, 5) is 20.9. The van der Waals surface area contributed by atoms with E-state index in [4.69, 9.17) is 10.5 Å². The molecule has 8 rings (SSSR count). The molecule has 3 aromatic rings. The van der Waals surface area contributed by atoms with Crippen molar-refractivity contribution in [3.8, 4) is 17.3 Å². The van der Waals surface area contributed by atoms with E-state index in [9.17, 15) is 22.0 Å². The molecule has 3 N–H and O–H groups in total. The smallest absolute Gasteiger partial charge is 0.419 e. The summed E-state index contributed by atoms with van der Waals surface area (Å²) in [7, 11) is 0. The number of nitrogens with zero attached hydrogens (tertiary/aromatic N) is 6. The van der Waals surface area contributed by atoms with Gasteiger partial charge in [0.2, 0.25) is 0 Å². The number of ether oxygens (including phenoxy) is 1. The zero-order valence-corrected chi connectivity index (χ0v) is 23.6. The molecule has 0 unspecified atom stereocenters. The molecular weight excluding hydrogens is 590 g/mol. The molecule has 2 bridgehead atoms. The Hall–Kier alpha value is -3.46. The van der Waals surface area contributed by atoms with Gasteiger partial charge in [0.15, 0.2) is 5.82 Å². The third-order valence-corrected chi connectivity index (χ3v) is 10.3. The van der Waals surface area contributed by atoms with E-state index in [1.165, 1.54) is 6.20 Å². The molecular formula is C29H30F6N8O. The third kappa shape index (κ3) is 4.21. The second-order valence-corrected chi connectivity index (χ2v) is 13.1. The van der Waals surface area contributed by atoms with Gasteiger partial charge in [0.1, 0.15) is 23.6 Å². The van der Waals surface area contributed by atoms with Crippen LogP contribution in [0.4, 0.5) is 37.8 Å². The average Bonchev–Trinajstić information content (AvgIpc) is 3.29. The second-order valence-electron chi connectivity index (χ2n) is 13.1. The Morgan fingerprint density at radius 2 is 1.82 bits per heavy atom. The van der Waals surface area contributed by atoms with E-state index in [0.29, 0.717) is 44.8 Å². The van der Waals surface area contributed by atoms with Crippen molar-refractivity contribution in [3.05, 3.63) is 30.0 Å². The topological polar surface area (TPSA) is 105 Å². The van der Waals surface area contributed by atoms with Crippen LogP contribution in [-0.2, 0) is 6.18 Å². The number of nitrogens with one attached hydrogen (secondary N) is 1. The summed E-state index contributed by atoms with van der Waals surface area (Å²) in [5.74, 6) is -3.43. The number of fused-ring (bicyclic) bond motifs is 4.